The Morgan fingerprint density at radius 1 is 0.920 bits per heavy atom. The van der Waals surface area contributed by atoms with Gasteiger partial charge in [-0.2, -0.15) is 0 Å². The van der Waals surface area contributed by atoms with Crippen molar-refractivity contribution in [2.75, 3.05) is 0 Å². The number of aromatic nitrogens is 3. The number of hydrogen-bond donors (Lipinski definition) is 0. The second kappa shape index (κ2) is 6.55. The van der Waals surface area contributed by atoms with Gasteiger partial charge in [0.1, 0.15) is 0 Å². The highest BCUT2D eigenvalue weighted by molar-refractivity contribution is 5.81. The molecular weight excluding hydrogens is 310 g/mol. The molecule has 0 unspecified atom stereocenters. The average Bonchev–Trinajstić information content (AvgIpc) is 2.90. The fourth-order valence-corrected chi connectivity index (χ4v) is 3.53. The number of aryl methyl sites for hydroxylation is 3. The van der Waals surface area contributed by atoms with Gasteiger partial charge in [-0.25, -0.2) is 4.79 Å². The summed E-state index contributed by atoms with van der Waals surface area (Å²) in [7, 11) is 1.84. The number of imidazole rings is 1. The van der Waals surface area contributed by atoms with Gasteiger partial charge in [-0.05, 0) is 43.0 Å². The summed E-state index contributed by atoms with van der Waals surface area (Å²) in [5.74, 6) is 0. The molecule has 0 saturated carbocycles. The van der Waals surface area contributed by atoms with Crippen LogP contribution in [0, 0.1) is 0 Å². The molecule has 2 aromatic heterocycles. The zero-order valence-electron chi connectivity index (χ0n) is 14.4. The van der Waals surface area contributed by atoms with Crippen LogP contribution in [-0.4, -0.2) is 14.1 Å². The van der Waals surface area contributed by atoms with Crippen LogP contribution in [0.25, 0.3) is 21.9 Å². The van der Waals surface area contributed by atoms with Crippen LogP contribution >= 0.6 is 0 Å². The molecule has 0 amide bonds. The van der Waals surface area contributed by atoms with Crippen LogP contribution in [0.15, 0.2) is 65.6 Å². The molecule has 2 heterocycles. The number of rotatable bonds is 5. The molecule has 4 rings (SSSR count). The number of hydrogen-bond acceptors (Lipinski definition) is 2. The Morgan fingerprint density at radius 3 is 2.60 bits per heavy atom. The van der Waals surface area contributed by atoms with E-state index in [0.29, 0.717) is 0 Å². The molecule has 0 atom stereocenters. The second-order valence-corrected chi connectivity index (χ2v) is 6.43. The first kappa shape index (κ1) is 15.6. The van der Waals surface area contributed by atoms with Crippen molar-refractivity contribution in [3.63, 3.8) is 0 Å². The van der Waals surface area contributed by atoms with E-state index in [4.69, 9.17) is 0 Å². The maximum Gasteiger partial charge on any atom is 0.328 e. The largest absolute Gasteiger partial charge is 0.328 e. The van der Waals surface area contributed by atoms with Gasteiger partial charge in [0.05, 0.1) is 16.6 Å². The van der Waals surface area contributed by atoms with Crippen molar-refractivity contribution in [2.45, 2.75) is 25.8 Å². The molecule has 4 heteroatoms. The summed E-state index contributed by atoms with van der Waals surface area (Å²) < 4.78 is 3.61. The van der Waals surface area contributed by atoms with Crippen molar-refractivity contribution in [2.24, 2.45) is 7.05 Å². The van der Waals surface area contributed by atoms with Crippen molar-refractivity contribution < 1.29 is 0 Å². The molecule has 4 nitrogen and oxygen atoms in total. The minimum absolute atomic E-state index is 0.0630. The summed E-state index contributed by atoms with van der Waals surface area (Å²) in [6.45, 7) is 0.748. The minimum Gasteiger partial charge on any atom is -0.295 e. The Kier molecular flexibility index (Phi) is 4.10. The third kappa shape index (κ3) is 2.84. The predicted octanol–water partition coefficient (Wildman–Crippen LogP) is 3.91. The van der Waals surface area contributed by atoms with E-state index in [9.17, 15) is 4.79 Å². The quantitative estimate of drug-likeness (QED) is 0.520. The van der Waals surface area contributed by atoms with Gasteiger partial charge in [0.25, 0.3) is 0 Å². The summed E-state index contributed by atoms with van der Waals surface area (Å²) in [6.07, 6.45) is 4.83. The van der Waals surface area contributed by atoms with Gasteiger partial charge in [-0.1, -0.05) is 36.4 Å². The topological polar surface area (TPSA) is 39.8 Å². The van der Waals surface area contributed by atoms with Crippen molar-refractivity contribution in [3.05, 3.63) is 76.8 Å². The molecular formula is C21H21N3O. The van der Waals surface area contributed by atoms with Crippen molar-refractivity contribution in [3.8, 4) is 0 Å². The zero-order valence-corrected chi connectivity index (χ0v) is 14.4. The molecule has 0 aliphatic heterocycles. The molecule has 25 heavy (non-hydrogen) atoms. The molecule has 4 aromatic rings. The minimum atomic E-state index is 0.0630. The van der Waals surface area contributed by atoms with E-state index < -0.39 is 0 Å². The lowest BCUT2D eigenvalue weighted by molar-refractivity contribution is 0.597. The fraction of sp³-hybridized carbons (Fsp3) is 0.238. The highest BCUT2D eigenvalue weighted by Gasteiger charge is 2.09. The van der Waals surface area contributed by atoms with Crippen LogP contribution in [0.3, 0.4) is 0 Å². The van der Waals surface area contributed by atoms with Crippen LogP contribution in [0.4, 0.5) is 0 Å². The number of para-hydroxylation sites is 3. The lowest BCUT2D eigenvalue weighted by atomic mass is 10.0. The molecule has 2 aromatic carbocycles. The molecule has 126 valence electrons. The summed E-state index contributed by atoms with van der Waals surface area (Å²) >= 11 is 0. The lowest BCUT2D eigenvalue weighted by Gasteiger charge is -2.06. The van der Waals surface area contributed by atoms with E-state index in [0.717, 1.165) is 42.4 Å². The van der Waals surface area contributed by atoms with Gasteiger partial charge in [0.2, 0.25) is 0 Å². The predicted molar refractivity (Wildman–Crippen MR) is 102 cm³/mol. The standard InChI is InChI=1S/C21H21N3O/c1-23-18-12-2-3-13-19(18)24(21(23)25)15-5-4-8-16-9-6-10-17-11-7-14-22-20(16)17/h2-3,6-7,9-14H,4-5,8,15H2,1H3. The maximum absolute atomic E-state index is 12.4. The van der Waals surface area contributed by atoms with Crippen molar-refractivity contribution in [1.29, 1.82) is 0 Å². The van der Waals surface area contributed by atoms with Crippen LogP contribution in [0.2, 0.25) is 0 Å². The smallest absolute Gasteiger partial charge is 0.295 e. The molecule has 0 N–H and O–H groups in total. The van der Waals surface area contributed by atoms with Crippen LogP contribution < -0.4 is 5.69 Å². The van der Waals surface area contributed by atoms with Crippen molar-refractivity contribution in [1.82, 2.24) is 14.1 Å². The number of unbranched alkanes of at least 4 members (excludes halogenated alkanes) is 1. The lowest BCUT2D eigenvalue weighted by Crippen LogP contribution is -2.22. The van der Waals surface area contributed by atoms with E-state index in [1.807, 2.05) is 48.1 Å². The maximum atomic E-state index is 12.4. The fourth-order valence-electron chi connectivity index (χ4n) is 3.53. The molecule has 0 spiro atoms. The monoisotopic (exact) mass is 331 g/mol. The molecule has 0 radical (unpaired) electrons. The second-order valence-electron chi connectivity index (χ2n) is 6.43. The van der Waals surface area contributed by atoms with Gasteiger partial charge >= 0.3 is 5.69 Å². The Hall–Kier alpha value is -2.88. The molecule has 0 saturated heterocycles. The third-order valence-electron chi connectivity index (χ3n) is 4.85. The van der Waals surface area contributed by atoms with E-state index >= 15 is 0 Å². The summed E-state index contributed by atoms with van der Waals surface area (Å²) in [4.78, 5) is 17.0. The average molecular weight is 331 g/mol. The van der Waals surface area contributed by atoms with Gasteiger partial charge in [-0.15, -0.1) is 0 Å². The first-order valence-corrected chi connectivity index (χ1v) is 8.72. The van der Waals surface area contributed by atoms with E-state index in [1.54, 1.807) is 4.57 Å². The number of benzene rings is 2. The highest BCUT2D eigenvalue weighted by atomic mass is 16.1. The van der Waals surface area contributed by atoms with Crippen LogP contribution in [-0.2, 0) is 20.0 Å². The molecule has 0 aliphatic rings. The highest BCUT2D eigenvalue weighted by Crippen LogP contribution is 2.18. The Labute approximate surface area is 146 Å². The summed E-state index contributed by atoms with van der Waals surface area (Å²) in [6, 6.07) is 18.4. The van der Waals surface area contributed by atoms with Crippen LogP contribution in [0.5, 0.6) is 0 Å². The number of fused-ring (bicyclic) bond motifs is 2. The zero-order chi connectivity index (χ0) is 17.2. The SMILES string of the molecule is Cn1c(=O)n(CCCCc2cccc3cccnc23)c2ccccc21. The Bertz CT molecular complexity index is 1090. The normalized spacial score (nSPS) is 11.4. The number of pyridine rings is 1. The van der Waals surface area contributed by atoms with E-state index in [-0.39, 0.29) is 5.69 Å². The van der Waals surface area contributed by atoms with Gasteiger partial charge in [-0.3, -0.25) is 14.1 Å². The molecule has 0 aliphatic carbocycles. The summed E-state index contributed by atoms with van der Waals surface area (Å²) in [5.41, 5.74) is 4.44. The number of nitrogens with zero attached hydrogens (tertiary/aromatic N) is 3. The van der Waals surface area contributed by atoms with E-state index in [2.05, 4.69) is 29.2 Å². The molecule has 0 bridgehead atoms. The van der Waals surface area contributed by atoms with Gasteiger partial charge in [0, 0.05) is 25.2 Å². The van der Waals surface area contributed by atoms with E-state index in [1.165, 1.54) is 10.9 Å². The Balaban J connectivity index is 1.48. The van der Waals surface area contributed by atoms with Gasteiger partial charge in [0.15, 0.2) is 0 Å². The first-order valence-electron chi connectivity index (χ1n) is 8.72. The molecule has 0 fully saturated rings. The first-order chi connectivity index (χ1) is 12.3. The van der Waals surface area contributed by atoms with Crippen molar-refractivity contribution >= 4 is 21.9 Å². The van der Waals surface area contributed by atoms with Gasteiger partial charge < -0.3 is 0 Å². The Morgan fingerprint density at radius 2 is 1.72 bits per heavy atom. The summed E-state index contributed by atoms with van der Waals surface area (Å²) in [5, 5.41) is 1.19. The third-order valence-corrected chi connectivity index (χ3v) is 4.85. The van der Waals surface area contributed by atoms with Crippen LogP contribution in [0.1, 0.15) is 18.4 Å².